The number of aromatic hydroxyl groups is 1. The van der Waals surface area contributed by atoms with Crippen LogP contribution in [0.15, 0.2) is 41.3 Å². The molecule has 3 N–H and O–H groups in total. The number of likely N-dealkylation sites (N-methyl/N-ethyl adjacent to an activating group) is 1. The molecule has 0 aliphatic heterocycles. The van der Waals surface area contributed by atoms with Crippen molar-refractivity contribution in [3.63, 3.8) is 0 Å². The third-order valence-corrected chi connectivity index (χ3v) is 4.49. The van der Waals surface area contributed by atoms with Gasteiger partial charge in [-0.25, -0.2) is 4.39 Å². The fourth-order valence-electron chi connectivity index (χ4n) is 2.99. The highest BCUT2D eigenvalue weighted by molar-refractivity contribution is 6.01. The summed E-state index contributed by atoms with van der Waals surface area (Å²) in [5.74, 6) is -2.13. The molecule has 0 saturated heterocycles. The van der Waals surface area contributed by atoms with Crippen molar-refractivity contribution in [1.29, 1.82) is 0 Å². The average molecular weight is 398 g/mol. The van der Waals surface area contributed by atoms with Crippen molar-refractivity contribution < 1.29 is 19.1 Å². The summed E-state index contributed by atoms with van der Waals surface area (Å²) in [6, 6.07) is 7.55. The summed E-state index contributed by atoms with van der Waals surface area (Å²) in [6.45, 7) is -0.349. The Morgan fingerprint density at radius 3 is 2.45 bits per heavy atom. The maximum atomic E-state index is 13.1. The van der Waals surface area contributed by atoms with E-state index >= 15 is 0 Å². The van der Waals surface area contributed by atoms with Crippen LogP contribution < -0.4 is 16.2 Å². The standard InChI is InChI=1S/C20H19FN4O4/c1-22-15(26)10-25-14-8-12(7-11-3-5-13(21)6-4-11)9-24-17(14)18(27)16(20(25)29)19(28)23-2/h3-6,8-9,27H,7,10H2,1-2H3,(H,22,26)(H,23,28). The van der Waals surface area contributed by atoms with Gasteiger partial charge >= 0.3 is 0 Å². The molecule has 0 unspecified atom stereocenters. The van der Waals surface area contributed by atoms with E-state index in [9.17, 15) is 23.9 Å². The Balaban J connectivity index is 2.20. The summed E-state index contributed by atoms with van der Waals surface area (Å²) in [6.07, 6.45) is 1.89. The third kappa shape index (κ3) is 3.93. The van der Waals surface area contributed by atoms with Gasteiger partial charge in [0.2, 0.25) is 5.91 Å². The van der Waals surface area contributed by atoms with E-state index in [1.54, 1.807) is 18.2 Å². The number of benzene rings is 1. The number of carbonyl (C=O) groups is 2. The van der Waals surface area contributed by atoms with E-state index in [1.165, 1.54) is 32.4 Å². The average Bonchev–Trinajstić information content (AvgIpc) is 2.72. The van der Waals surface area contributed by atoms with Crippen molar-refractivity contribution in [2.75, 3.05) is 14.1 Å². The monoisotopic (exact) mass is 398 g/mol. The van der Waals surface area contributed by atoms with E-state index in [1.807, 2.05) is 0 Å². The lowest BCUT2D eigenvalue weighted by Crippen LogP contribution is -2.35. The molecule has 2 aromatic heterocycles. The molecule has 150 valence electrons. The molecular weight excluding hydrogens is 379 g/mol. The van der Waals surface area contributed by atoms with Crippen LogP contribution in [-0.4, -0.2) is 40.6 Å². The van der Waals surface area contributed by atoms with Crippen molar-refractivity contribution >= 4 is 22.8 Å². The first-order chi connectivity index (χ1) is 13.8. The SMILES string of the molecule is CNC(=O)Cn1c(=O)c(C(=O)NC)c(O)c2ncc(Cc3ccc(F)cc3)cc21. The predicted octanol–water partition coefficient (Wildman–Crippen LogP) is 0.938. The minimum atomic E-state index is -0.807. The van der Waals surface area contributed by atoms with Gasteiger partial charge in [-0.15, -0.1) is 0 Å². The van der Waals surface area contributed by atoms with Gasteiger partial charge in [0.15, 0.2) is 5.75 Å². The molecule has 0 saturated carbocycles. The van der Waals surface area contributed by atoms with Crippen LogP contribution in [0.25, 0.3) is 11.0 Å². The number of hydrogen-bond donors (Lipinski definition) is 3. The summed E-state index contributed by atoms with van der Waals surface area (Å²) in [5.41, 5.74) is 0.444. The molecule has 1 aromatic carbocycles. The van der Waals surface area contributed by atoms with Crippen LogP contribution in [0.5, 0.6) is 5.75 Å². The Morgan fingerprint density at radius 2 is 1.83 bits per heavy atom. The van der Waals surface area contributed by atoms with Crippen LogP contribution in [0, 0.1) is 5.82 Å². The largest absolute Gasteiger partial charge is 0.505 e. The topological polar surface area (TPSA) is 113 Å². The number of amides is 2. The molecule has 0 aliphatic carbocycles. The Bertz CT molecular complexity index is 1160. The van der Waals surface area contributed by atoms with Gasteiger partial charge in [-0.3, -0.25) is 23.9 Å². The minimum Gasteiger partial charge on any atom is -0.505 e. The lowest BCUT2D eigenvalue weighted by Gasteiger charge is -2.14. The van der Waals surface area contributed by atoms with Crippen molar-refractivity contribution in [1.82, 2.24) is 20.2 Å². The molecule has 0 radical (unpaired) electrons. The smallest absolute Gasteiger partial charge is 0.268 e. The number of halogens is 1. The van der Waals surface area contributed by atoms with Crippen molar-refractivity contribution in [2.24, 2.45) is 0 Å². The maximum Gasteiger partial charge on any atom is 0.268 e. The maximum absolute atomic E-state index is 13.1. The van der Waals surface area contributed by atoms with Gasteiger partial charge < -0.3 is 15.7 Å². The quantitative estimate of drug-likeness (QED) is 0.592. The van der Waals surface area contributed by atoms with Crippen LogP contribution in [-0.2, 0) is 17.8 Å². The Hall–Kier alpha value is -3.75. The molecule has 2 heterocycles. The normalized spacial score (nSPS) is 10.7. The zero-order valence-corrected chi connectivity index (χ0v) is 15.8. The molecule has 3 rings (SSSR count). The Morgan fingerprint density at radius 1 is 1.14 bits per heavy atom. The summed E-state index contributed by atoms with van der Waals surface area (Å²) in [5, 5.41) is 15.2. The molecule has 0 atom stereocenters. The molecule has 0 bridgehead atoms. The van der Waals surface area contributed by atoms with Gasteiger partial charge in [0, 0.05) is 20.3 Å². The van der Waals surface area contributed by atoms with Crippen molar-refractivity contribution in [3.8, 4) is 5.75 Å². The number of nitrogens with one attached hydrogen (secondary N) is 2. The predicted molar refractivity (Wildman–Crippen MR) is 104 cm³/mol. The fourth-order valence-corrected chi connectivity index (χ4v) is 2.99. The molecule has 0 aliphatic rings. The van der Waals surface area contributed by atoms with Gasteiger partial charge in [-0.1, -0.05) is 12.1 Å². The van der Waals surface area contributed by atoms with E-state index in [2.05, 4.69) is 15.6 Å². The van der Waals surface area contributed by atoms with Crippen molar-refractivity contribution in [2.45, 2.75) is 13.0 Å². The van der Waals surface area contributed by atoms with Gasteiger partial charge in [-0.2, -0.15) is 0 Å². The Kier molecular flexibility index (Phi) is 5.58. The summed E-state index contributed by atoms with van der Waals surface area (Å²) in [7, 11) is 2.75. The van der Waals surface area contributed by atoms with Crippen LogP contribution in [0.4, 0.5) is 4.39 Å². The lowest BCUT2D eigenvalue weighted by atomic mass is 10.1. The van der Waals surface area contributed by atoms with E-state index < -0.39 is 28.7 Å². The first-order valence-corrected chi connectivity index (χ1v) is 8.77. The molecular formula is C20H19FN4O4. The van der Waals surface area contributed by atoms with Gasteiger partial charge in [0.25, 0.3) is 11.5 Å². The minimum absolute atomic E-state index is 0.0231. The number of aromatic nitrogens is 2. The highest BCUT2D eigenvalue weighted by Crippen LogP contribution is 2.26. The van der Waals surface area contributed by atoms with Crippen LogP contribution in [0.1, 0.15) is 21.5 Å². The van der Waals surface area contributed by atoms with E-state index in [4.69, 9.17) is 0 Å². The molecule has 3 aromatic rings. The van der Waals surface area contributed by atoms with Crippen molar-refractivity contribution in [3.05, 3.63) is 69.4 Å². The molecule has 2 amide bonds. The van der Waals surface area contributed by atoms with Gasteiger partial charge in [-0.05, 0) is 35.7 Å². The highest BCUT2D eigenvalue weighted by Gasteiger charge is 2.23. The number of pyridine rings is 2. The third-order valence-electron chi connectivity index (χ3n) is 4.49. The lowest BCUT2D eigenvalue weighted by molar-refractivity contribution is -0.121. The summed E-state index contributed by atoms with van der Waals surface area (Å²) < 4.78 is 14.2. The van der Waals surface area contributed by atoms with Gasteiger partial charge in [0.1, 0.15) is 23.4 Å². The number of hydrogen-bond acceptors (Lipinski definition) is 5. The Labute approximate surface area is 165 Å². The highest BCUT2D eigenvalue weighted by atomic mass is 19.1. The second kappa shape index (κ2) is 8.09. The first kappa shape index (κ1) is 20.0. The van der Waals surface area contributed by atoms with Crippen LogP contribution in [0.2, 0.25) is 0 Å². The van der Waals surface area contributed by atoms with E-state index in [-0.39, 0.29) is 23.4 Å². The molecule has 0 spiro atoms. The van der Waals surface area contributed by atoms with Crippen LogP contribution >= 0.6 is 0 Å². The van der Waals surface area contributed by atoms with Crippen LogP contribution in [0.3, 0.4) is 0 Å². The fraction of sp³-hybridized carbons (Fsp3) is 0.200. The zero-order chi connectivity index (χ0) is 21.1. The number of nitrogens with zero attached hydrogens (tertiary/aromatic N) is 2. The summed E-state index contributed by atoms with van der Waals surface area (Å²) >= 11 is 0. The number of carbonyl (C=O) groups excluding carboxylic acids is 2. The summed E-state index contributed by atoms with van der Waals surface area (Å²) in [4.78, 5) is 41.1. The molecule has 9 heteroatoms. The molecule has 8 nitrogen and oxygen atoms in total. The van der Waals surface area contributed by atoms with E-state index in [0.717, 1.165) is 10.1 Å². The number of rotatable bonds is 5. The number of fused-ring (bicyclic) bond motifs is 1. The molecule has 0 fully saturated rings. The van der Waals surface area contributed by atoms with Gasteiger partial charge in [0.05, 0.1) is 5.52 Å². The van der Waals surface area contributed by atoms with E-state index in [0.29, 0.717) is 12.0 Å². The second-order valence-electron chi connectivity index (χ2n) is 6.38. The first-order valence-electron chi connectivity index (χ1n) is 8.77. The second-order valence-corrected chi connectivity index (χ2v) is 6.38. The molecule has 29 heavy (non-hydrogen) atoms. The zero-order valence-electron chi connectivity index (χ0n) is 15.8.